The number of nitrogens with one attached hydrogen (secondary N) is 2. The number of aromatic nitrogens is 1. The molecule has 0 aliphatic heterocycles. The number of nitrogens with zero attached hydrogens (tertiary/aromatic N) is 1. The maximum atomic E-state index is 12.2. The summed E-state index contributed by atoms with van der Waals surface area (Å²) in [6.45, 7) is 0.534. The molecular formula is C21H20ClN3O2. The average molecular weight is 382 g/mol. The van der Waals surface area contributed by atoms with Gasteiger partial charge in [0.15, 0.2) is 0 Å². The third-order valence-corrected chi connectivity index (χ3v) is 4.34. The monoisotopic (exact) mass is 381 g/mol. The molecule has 138 valence electrons. The largest absolute Gasteiger partial charge is 0.497 e. The predicted octanol–water partition coefficient (Wildman–Crippen LogP) is 4.46. The number of hydrogen-bond acceptors (Lipinski definition) is 4. The summed E-state index contributed by atoms with van der Waals surface area (Å²) in [7, 11) is 1.64. The molecule has 2 aromatic carbocycles. The van der Waals surface area contributed by atoms with E-state index in [9.17, 15) is 4.79 Å². The van der Waals surface area contributed by atoms with E-state index in [-0.39, 0.29) is 5.91 Å². The molecule has 2 N–H and O–H groups in total. The fourth-order valence-corrected chi connectivity index (χ4v) is 2.71. The van der Waals surface area contributed by atoms with Crippen LogP contribution in [-0.4, -0.2) is 24.5 Å². The highest BCUT2D eigenvalue weighted by atomic mass is 35.5. The number of amides is 1. The van der Waals surface area contributed by atoms with Crippen molar-refractivity contribution < 1.29 is 9.53 Å². The normalized spacial score (nSPS) is 10.3. The molecule has 6 heteroatoms. The Balaban J connectivity index is 1.52. The number of hydrogen-bond donors (Lipinski definition) is 2. The first-order valence-electron chi connectivity index (χ1n) is 8.54. The van der Waals surface area contributed by atoms with E-state index in [1.807, 2.05) is 48.5 Å². The van der Waals surface area contributed by atoms with Crippen molar-refractivity contribution in [2.75, 3.05) is 19.0 Å². The molecule has 1 amide bonds. The van der Waals surface area contributed by atoms with Crippen molar-refractivity contribution in [2.24, 2.45) is 0 Å². The quantitative estimate of drug-likeness (QED) is 0.634. The fourth-order valence-electron chi connectivity index (χ4n) is 2.52. The highest BCUT2D eigenvalue weighted by Gasteiger charge is 2.07. The second-order valence-electron chi connectivity index (χ2n) is 5.89. The van der Waals surface area contributed by atoms with Crippen LogP contribution in [0.4, 0.5) is 11.4 Å². The summed E-state index contributed by atoms with van der Waals surface area (Å²) >= 11 is 6.13. The van der Waals surface area contributed by atoms with E-state index in [0.717, 1.165) is 29.1 Å². The van der Waals surface area contributed by atoms with Crippen molar-refractivity contribution in [3.63, 3.8) is 0 Å². The standard InChI is InChI=1S/C21H20ClN3O2/c1-27-17-9-6-15(7-10-17)12-13-23-21(26)20-11-8-16(14-24-20)25-19-5-3-2-4-18(19)22/h2-11,14,25H,12-13H2,1H3,(H,23,26). The van der Waals surface area contributed by atoms with Gasteiger partial charge in [-0.15, -0.1) is 0 Å². The minimum atomic E-state index is -0.201. The van der Waals surface area contributed by atoms with Crippen molar-refractivity contribution in [3.8, 4) is 5.75 Å². The molecule has 0 bridgehead atoms. The molecule has 0 radical (unpaired) electrons. The number of para-hydroxylation sites is 1. The Bertz CT molecular complexity index is 896. The van der Waals surface area contributed by atoms with Gasteiger partial charge in [-0.2, -0.15) is 0 Å². The summed E-state index contributed by atoms with van der Waals surface area (Å²) in [5.41, 5.74) is 3.05. The maximum Gasteiger partial charge on any atom is 0.269 e. The molecule has 3 rings (SSSR count). The Labute approximate surface area is 163 Å². The number of anilines is 2. The van der Waals surface area contributed by atoms with Gasteiger partial charge in [0.2, 0.25) is 0 Å². The van der Waals surface area contributed by atoms with Crippen molar-refractivity contribution in [2.45, 2.75) is 6.42 Å². The summed E-state index contributed by atoms with van der Waals surface area (Å²) in [5, 5.41) is 6.68. The van der Waals surface area contributed by atoms with E-state index in [1.54, 1.807) is 25.4 Å². The first-order chi connectivity index (χ1) is 13.2. The van der Waals surface area contributed by atoms with Gasteiger partial charge in [0.1, 0.15) is 11.4 Å². The zero-order valence-corrected chi connectivity index (χ0v) is 15.7. The number of methoxy groups -OCH3 is 1. The Morgan fingerprint density at radius 3 is 2.52 bits per heavy atom. The van der Waals surface area contributed by atoms with Gasteiger partial charge in [0, 0.05) is 6.54 Å². The lowest BCUT2D eigenvalue weighted by Gasteiger charge is -2.09. The second-order valence-corrected chi connectivity index (χ2v) is 6.30. The zero-order chi connectivity index (χ0) is 19.1. The van der Waals surface area contributed by atoms with E-state index in [4.69, 9.17) is 16.3 Å². The van der Waals surface area contributed by atoms with Gasteiger partial charge >= 0.3 is 0 Å². The second kappa shape index (κ2) is 9.05. The summed E-state index contributed by atoms with van der Waals surface area (Å²) in [4.78, 5) is 16.4. The van der Waals surface area contributed by atoms with Gasteiger partial charge in [-0.1, -0.05) is 35.9 Å². The van der Waals surface area contributed by atoms with Crippen LogP contribution in [0.25, 0.3) is 0 Å². The fraction of sp³-hybridized carbons (Fsp3) is 0.143. The van der Waals surface area contributed by atoms with E-state index < -0.39 is 0 Å². The molecule has 1 aromatic heterocycles. The van der Waals surface area contributed by atoms with Crippen LogP contribution in [0, 0.1) is 0 Å². The lowest BCUT2D eigenvalue weighted by molar-refractivity contribution is 0.0949. The van der Waals surface area contributed by atoms with Gasteiger partial charge in [0.25, 0.3) is 5.91 Å². The number of benzene rings is 2. The molecule has 27 heavy (non-hydrogen) atoms. The third kappa shape index (κ3) is 5.21. The SMILES string of the molecule is COc1ccc(CCNC(=O)c2ccc(Nc3ccccc3Cl)cn2)cc1. The Kier molecular flexibility index (Phi) is 6.28. The van der Waals surface area contributed by atoms with Crippen LogP contribution >= 0.6 is 11.6 Å². The van der Waals surface area contributed by atoms with Crippen LogP contribution in [0.1, 0.15) is 16.1 Å². The molecular weight excluding hydrogens is 362 g/mol. The first kappa shape index (κ1) is 18.7. The molecule has 0 saturated heterocycles. The van der Waals surface area contributed by atoms with E-state index in [2.05, 4.69) is 15.6 Å². The molecule has 0 fully saturated rings. The van der Waals surface area contributed by atoms with Crippen LogP contribution in [0.3, 0.4) is 0 Å². The van der Waals surface area contributed by atoms with Crippen LogP contribution in [-0.2, 0) is 6.42 Å². The maximum absolute atomic E-state index is 12.2. The minimum Gasteiger partial charge on any atom is -0.497 e. The van der Waals surface area contributed by atoms with Crippen molar-refractivity contribution in [3.05, 3.63) is 83.1 Å². The van der Waals surface area contributed by atoms with Crippen molar-refractivity contribution >= 4 is 28.9 Å². The molecule has 0 unspecified atom stereocenters. The van der Waals surface area contributed by atoms with E-state index >= 15 is 0 Å². The van der Waals surface area contributed by atoms with Gasteiger partial charge in [-0.25, -0.2) is 4.98 Å². The van der Waals surface area contributed by atoms with Crippen molar-refractivity contribution in [1.82, 2.24) is 10.3 Å². The van der Waals surface area contributed by atoms with E-state index in [0.29, 0.717) is 17.3 Å². The summed E-state index contributed by atoms with van der Waals surface area (Å²) in [5.74, 6) is 0.616. The topological polar surface area (TPSA) is 63.2 Å². The molecule has 3 aromatic rings. The van der Waals surface area contributed by atoms with Gasteiger partial charge in [-0.05, 0) is 48.4 Å². The molecule has 5 nitrogen and oxygen atoms in total. The summed E-state index contributed by atoms with van der Waals surface area (Å²) < 4.78 is 5.13. The molecule has 0 aliphatic rings. The zero-order valence-electron chi connectivity index (χ0n) is 14.9. The minimum absolute atomic E-state index is 0.201. The Morgan fingerprint density at radius 2 is 1.85 bits per heavy atom. The van der Waals surface area contributed by atoms with Gasteiger partial charge in [0.05, 0.1) is 29.7 Å². The number of ether oxygens (including phenoxy) is 1. The highest BCUT2D eigenvalue weighted by Crippen LogP contribution is 2.24. The summed E-state index contributed by atoms with van der Waals surface area (Å²) in [6, 6.07) is 18.7. The first-order valence-corrected chi connectivity index (χ1v) is 8.92. The predicted molar refractivity (Wildman–Crippen MR) is 108 cm³/mol. The lowest BCUT2D eigenvalue weighted by atomic mass is 10.1. The van der Waals surface area contributed by atoms with Crippen LogP contribution < -0.4 is 15.4 Å². The van der Waals surface area contributed by atoms with Gasteiger partial charge in [-0.3, -0.25) is 4.79 Å². The molecule has 0 saturated carbocycles. The molecule has 0 aliphatic carbocycles. The Hall–Kier alpha value is -3.05. The highest BCUT2D eigenvalue weighted by molar-refractivity contribution is 6.33. The van der Waals surface area contributed by atoms with Crippen LogP contribution in [0.2, 0.25) is 5.02 Å². The third-order valence-electron chi connectivity index (χ3n) is 4.01. The Morgan fingerprint density at radius 1 is 1.07 bits per heavy atom. The van der Waals surface area contributed by atoms with E-state index in [1.165, 1.54) is 0 Å². The number of halogens is 1. The number of carbonyl (C=O) groups excluding carboxylic acids is 1. The number of carbonyl (C=O) groups is 1. The van der Waals surface area contributed by atoms with Crippen molar-refractivity contribution in [1.29, 1.82) is 0 Å². The number of pyridine rings is 1. The van der Waals surface area contributed by atoms with Crippen LogP contribution in [0.15, 0.2) is 66.9 Å². The van der Waals surface area contributed by atoms with Gasteiger partial charge < -0.3 is 15.4 Å². The number of rotatable bonds is 7. The lowest BCUT2D eigenvalue weighted by Crippen LogP contribution is -2.26. The summed E-state index contributed by atoms with van der Waals surface area (Å²) in [6.07, 6.45) is 2.35. The molecule has 1 heterocycles. The van der Waals surface area contributed by atoms with Crippen LogP contribution in [0.5, 0.6) is 5.75 Å². The smallest absolute Gasteiger partial charge is 0.269 e. The molecule has 0 spiro atoms. The molecule has 0 atom stereocenters. The average Bonchev–Trinajstić information content (AvgIpc) is 2.71.